The third-order valence-corrected chi connectivity index (χ3v) is 7.91. The first-order valence-electron chi connectivity index (χ1n) is 13.3. The largest absolute Gasteiger partial charge is 0.256 e. The second-order valence-electron chi connectivity index (χ2n) is 10.1. The van der Waals surface area contributed by atoms with Gasteiger partial charge in [0.05, 0.1) is 28.4 Å². The number of fused-ring (bicyclic) bond motifs is 8. The average Bonchev–Trinajstić information content (AvgIpc) is 3.03. The van der Waals surface area contributed by atoms with Crippen molar-refractivity contribution in [2.75, 3.05) is 0 Å². The van der Waals surface area contributed by atoms with E-state index in [-0.39, 0.29) is 0 Å². The van der Waals surface area contributed by atoms with Crippen molar-refractivity contribution in [1.82, 2.24) is 9.97 Å². The first-order chi connectivity index (χ1) is 19.8. The molecule has 184 valence electrons. The van der Waals surface area contributed by atoms with Crippen molar-refractivity contribution >= 4 is 54.1 Å². The highest BCUT2D eigenvalue weighted by atomic mass is 14.7. The van der Waals surface area contributed by atoms with E-state index in [0.29, 0.717) is 5.56 Å². The number of nitriles is 1. The van der Waals surface area contributed by atoms with Gasteiger partial charge in [-0.15, -0.1) is 0 Å². The van der Waals surface area contributed by atoms with E-state index in [9.17, 15) is 5.26 Å². The smallest absolute Gasteiger partial charge is 0.0998 e. The van der Waals surface area contributed by atoms with Gasteiger partial charge in [0.2, 0.25) is 0 Å². The highest BCUT2D eigenvalue weighted by Crippen LogP contribution is 2.40. The maximum atomic E-state index is 9.66. The van der Waals surface area contributed by atoms with Crippen molar-refractivity contribution in [3.8, 4) is 28.5 Å². The Labute approximate surface area is 230 Å². The Morgan fingerprint density at radius 2 is 1.32 bits per heavy atom. The van der Waals surface area contributed by atoms with Gasteiger partial charge in [-0.05, 0) is 46.2 Å². The second-order valence-corrected chi connectivity index (χ2v) is 10.1. The molecule has 0 fully saturated rings. The van der Waals surface area contributed by atoms with Crippen LogP contribution in [-0.4, -0.2) is 9.97 Å². The van der Waals surface area contributed by atoms with Gasteiger partial charge < -0.3 is 0 Å². The summed E-state index contributed by atoms with van der Waals surface area (Å²) in [6.07, 6.45) is 1.87. The van der Waals surface area contributed by atoms with Crippen LogP contribution in [0.1, 0.15) is 5.56 Å². The van der Waals surface area contributed by atoms with Crippen molar-refractivity contribution < 1.29 is 0 Å². The standard InChI is InChI=1S/C37H21N3/c38-22-27-17-18-29(30-11-2-1-10-28(27)30)25-7-5-8-26(21-25)36-32-19-16-23-14-15-24-9-6-20-39-37(24)34(23)35(32)31-12-3-4-13-33(31)40-36/h1-21H. The van der Waals surface area contributed by atoms with Gasteiger partial charge >= 0.3 is 0 Å². The summed E-state index contributed by atoms with van der Waals surface area (Å²) in [6, 6.07) is 44.2. The van der Waals surface area contributed by atoms with Gasteiger partial charge in [-0.25, -0.2) is 4.98 Å². The number of hydrogen-bond donors (Lipinski definition) is 0. The van der Waals surface area contributed by atoms with Gasteiger partial charge in [0, 0.05) is 44.1 Å². The number of nitrogens with zero attached hydrogens (tertiary/aromatic N) is 3. The number of pyridine rings is 2. The number of hydrogen-bond acceptors (Lipinski definition) is 3. The molecule has 0 N–H and O–H groups in total. The fraction of sp³-hybridized carbons (Fsp3) is 0. The topological polar surface area (TPSA) is 49.6 Å². The van der Waals surface area contributed by atoms with Gasteiger partial charge in [-0.2, -0.15) is 5.26 Å². The molecule has 0 unspecified atom stereocenters. The van der Waals surface area contributed by atoms with Crippen molar-refractivity contribution in [2.45, 2.75) is 0 Å². The molecule has 0 atom stereocenters. The number of para-hydroxylation sites is 1. The number of aromatic nitrogens is 2. The lowest BCUT2D eigenvalue weighted by atomic mass is 9.91. The zero-order valence-electron chi connectivity index (χ0n) is 21.5. The lowest BCUT2D eigenvalue weighted by Crippen LogP contribution is -1.93. The molecule has 0 saturated carbocycles. The summed E-state index contributed by atoms with van der Waals surface area (Å²) in [5.41, 5.74) is 6.84. The van der Waals surface area contributed by atoms with Gasteiger partial charge in [0.1, 0.15) is 0 Å². The fourth-order valence-electron chi connectivity index (χ4n) is 6.10. The maximum absolute atomic E-state index is 9.66. The van der Waals surface area contributed by atoms with Crippen LogP contribution in [0.15, 0.2) is 128 Å². The Hall–Kier alpha value is -5.59. The molecule has 2 aromatic heterocycles. The molecule has 0 aliphatic rings. The van der Waals surface area contributed by atoms with Crippen LogP contribution in [0.5, 0.6) is 0 Å². The van der Waals surface area contributed by atoms with Gasteiger partial charge in [0.15, 0.2) is 0 Å². The summed E-state index contributed by atoms with van der Waals surface area (Å²) in [5, 5.41) is 18.5. The first-order valence-corrected chi connectivity index (χ1v) is 13.3. The summed E-state index contributed by atoms with van der Waals surface area (Å²) in [5.74, 6) is 0. The third-order valence-electron chi connectivity index (χ3n) is 7.91. The molecule has 6 aromatic carbocycles. The van der Waals surface area contributed by atoms with E-state index in [1.165, 1.54) is 10.8 Å². The SMILES string of the molecule is N#Cc1ccc(-c2cccc(-c3nc4ccccc4c4c3ccc3ccc5cccnc5c34)c2)c2ccccc12. The summed E-state index contributed by atoms with van der Waals surface area (Å²) < 4.78 is 0. The lowest BCUT2D eigenvalue weighted by molar-refractivity contribution is 1.42. The molecule has 0 spiro atoms. The van der Waals surface area contributed by atoms with Crippen LogP contribution < -0.4 is 0 Å². The third kappa shape index (κ3) is 3.30. The van der Waals surface area contributed by atoms with E-state index in [1.54, 1.807) is 0 Å². The molecular weight excluding hydrogens is 486 g/mol. The van der Waals surface area contributed by atoms with E-state index in [0.717, 1.165) is 65.7 Å². The van der Waals surface area contributed by atoms with Crippen LogP contribution in [0.25, 0.3) is 76.5 Å². The summed E-state index contributed by atoms with van der Waals surface area (Å²) in [7, 11) is 0. The van der Waals surface area contributed by atoms with Crippen LogP contribution in [-0.2, 0) is 0 Å². The highest BCUT2D eigenvalue weighted by Gasteiger charge is 2.16. The van der Waals surface area contributed by atoms with Crippen LogP contribution in [0.2, 0.25) is 0 Å². The molecule has 0 aliphatic heterocycles. The second kappa shape index (κ2) is 8.73. The van der Waals surface area contributed by atoms with Gasteiger partial charge in [0.25, 0.3) is 0 Å². The summed E-state index contributed by atoms with van der Waals surface area (Å²) >= 11 is 0. The quantitative estimate of drug-likeness (QED) is 0.219. The minimum atomic E-state index is 0.686. The molecule has 0 aliphatic carbocycles. The zero-order valence-corrected chi connectivity index (χ0v) is 21.5. The van der Waals surface area contributed by atoms with Crippen LogP contribution in [0.3, 0.4) is 0 Å². The molecule has 3 heteroatoms. The minimum Gasteiger partial charge on any atom is -0.256 e. The van der Waals surface area contributed by atoms with Gasteiger partial charge in [-0.3, -0.25) is 4.98 Å². The molecule has 0 saturated heterocycles. The number of rotatable bonds is 2. The van der Waals surface area contributed by atoms with E-state index >= 15 is 0 Å². The maximum Gasteiger partial charge on any atom is 0.0998 e. The normalized spacial score (nSPS) is 11.5. The van der Waals surface area contributed by atoms with Gasteiger partial charge in [-0.1, -0.05) is 97.1 Å². The Balaban J connectivity index is 1.45. The summed E-state index contributed by atoms with van der Waals surface area (Å²) in [4.78, 5) is 10.0. The molecule has 40 heavy (non-hydrogen) atoms. The van der Waals surface area contributed by atoms with Crippen LogP contribution in [0, 0.1) is 11.3 Å². The molecule has 0 bridgehead atoms. The monoisotopic (exact) mass is 507 g/mol. The Bertz CT molecular complexity index is 2340. The molecule has 2 heterocycles. The summed E-state index contributed by atoms with van der Waals surface area (Å²) in [6.45, 7) is 0. The molecule has 3 nitrogen and oxygen atoms in total. The molecule has 8 rings (SSSR count). The van der Waals surface area contributed by atoms with Crippen molar-refractivity contribution in [1.29, 1.82) is 5.26 Å². The van der Waals surface area contributed by atoms with Crippen molar-refractivity contribution in [3.05, 3.63) is 133 Å². The number of benzene rings is 6. The Morgan fingerprint density at radius 3 is 2.23 bits per heavy atom. The predicted octanol–water partition coefficient (Wildman–Crippen LogP) is 9.45. The molecule has 0 radical (unpaired) electrons. The van der Waals surface area contributed by atoms with Crippen molar-refractivity contribution in [3.63, 3.8) is 0 Å². The lowest BCUT2D eigenvalue weighted by Gasteiger charge is -2.15. The van der Waals surface area contributed by atoms with Crippen LogP contribution >= 0.6 is 0 Å². The van der Waals surface area contributed by atoms with E-state index in [1.807, 2.05) is 42.6 Å². The fourth-order valence-corrected chi connectivity index (χ4v) is 6.10. The van der Waals surface area contributed by atoms with Crippen molar-refractivity contribution in [2.24, 2.45) is 0 Å². The first kappa shape index (κ1) is 22.4. The Morgan fingerprint density at radius 1 is 0.550 bits per heavy atom. The average molecular weight is 508 g/mol. The molecule has 8 aromatic rings. The molecular formula is C37H21N3. The minimum absolute atomic E-state index is 0.686. The van der Waals surface area contributed by atoms with E-state index in [4.69, 9.17) is 9.97 Å². The van der Waals surface area contributed by atoms with E-state index < -0.39 is 0 Å². The van der Waals surface area contributed by atoms with E-state index in [2.05, 4.69) is 91.0 Å². The Kier molecular flexibility index (Phi) is 4.89. The molecule has 0 amide bonds. The zero-order chi connectivity index (χ0) is 26.6. The predicted molar refractivity (Wildman–Crippen MR) is 165 cm³/mol. The highest BCUT2D eigenvalue weighted by molar-refractivity contribution is 6.28. The van der Waals surface area contributed by atoms with Crippen LogP contribution in [0.4, 0.5) is 0 Å².